The lowest BCUT2D eigenvalue weighted by molar-refractivity contribution is 0.0805. The van der Waals surface area contributed by atoms with E-state index in [-0.39, 0.29) is 25.0 Å². The van der Waals surface area contributed by atoms with Crippen LogP contribution in [0, 0.1) is 0 Å². The molecular weight excluding hydrogens is 307 g/mol. The van der Waals surface area contributed by atoms with E-state index < -0.39 is 12.3 Å². The number of fused-ring (bicyclic) bond motifs is 1. The highest BCUT2D eigenvalue weighted by molar-refractivity contribution is 5.83. The lowest BCUT2D eigenvalue weighted by Gasteiger charge is -2.19. The normalized spacial score (nSPS) is 29.0. The molecule has 1 aliphatic heterocycles. The first kappa shape index (κ1) is 15.4. The van der Waals surface area contributed by atoms with Gasteiger partial charge in [-0.2, -0.15) is 0 Å². The van der Waals surface area contributed by atoms with Gasteiger partial charge in [-0.05, 0) is 22.8 Å². The van der Waals surface area contributed by atoms with Gasteiger partial charge >= 0.3 is 6.03 Å². The third-order valence-electron chi connectivity index (χ3n) is 5.18. The van der Waals surface area contributed by atoms with Crippen molar-refractivity contribution >= 4 is 16.8 Å². The molecule has 0 radical (unpaired) electrons. The summed E-state index contributed by atoms with van der Waals surface area (Å²) in [4.78, 5) is 13.7. The van der Waals surface area contributed by atoms with E-state index in [0.717, 1.165) is 6.42 Å². The highest BCUT2D eigenvalue weighted by Gasteiger charge is 2.43. The van der Waals surface area contributed by atoms with Gasteiger partial charge in [-0.1, -0.05) is 42.5 Å². The molecule has 3 atom stereocenters. The first-order chi connectivity index (χ1) is 11.6. The summed E-state index contributed by atoms with van der Waals surface area (Å²) in [5.41, 5.74) is -0.408. The molecule has 0 aromatic heterocycles. The van der Waals surface area contributed by atoms with Crippen LogP contribution < -0.4 is 5.32 Å². The number of nitrogens with one attached hydrogen (secondary N) is 1. The largest absolute Gasteiger partial charge is 0.393 e. The van der Waals surface area contributed by atoms with Gasteiger partial charge in [-0.15, -0.1) is 0 Å². The first-order valence-electron chi connectivity index (χ1n) is 8.42. The van der Waals surface area contributed by atoms with Crippen molar-refractivity contribution in [1.29, 1.82) is 0 Å². The summed E-state index contributed by atoms with van der Waals surface area (Å²) in [7, 11) is 0. The van der Waals surface area contributed by atoms with E-state index in [0.29, 0.717) is 12.5 Å². The summed E-state index contributed by atoms with van der Waals surface area (Å²) in [5, 5.41) is 14.5. The van der Waals surface area contributed by atoms with Crippen molar-refractivity contribution in [3.8, 4) is 0 Å². The number of halogens is 1. The Bertz CT molecular complexity index is 781. The fraction of sp³-hybridized carbons (Fsp3) is 0.421. The maximum Gasteiger partial charge on any atom is 0.317 e. The van der Waals surface area contributed by atoms with Crippen molar-refractivity contribution in [1.82, 2.24) is 10.2 Å². The van der Waals surface area contributed by atoms with E-state index in [2.05, 4.69) is 35.6 Å². The fourth-order valence-electron chi connectivity index (χ4n) is 3.55. The minimum atomic E-state index is -1.64. The number of aliphatic hydroxyl groups is 1. The van der Waals surface area contributed by atoms with Crippen molar-refractivity contribution in [3.05, 3.63) is 48.0 Å². The Balaban J connectivity index is 1.38. The standard InChI is InChI=1S/C19H21FN2O2/c20-19(12-23)7-8-22(11-19)18(24)21-17-10-16(17)15-6-5-13-3-1-2-4-14(13)9-15/h1-6,9,16-17,23H,7-8,10-12H2,(H,21,24)/t16-,17+,19-/m0/s1. The van der Waals surface area contributed by atoms with Crippen molar-refractivity contribution in [2.45, 2.75) is 30.5 Å². The molecular formula is C19H21FN2O2. The van der Waals surface area contributed by atoms with Crippen molar-refractivity contribution in [3.63, 3.8) is 0 Å². The second-order valence-electron chi connectivity index (χ2n) is 6.99. The summed E-state index contributed by atoms with van der Waals surface area (Å²) in [6, 6.07) is 14.5. The summed E-state index contributed by atoms with van der Waals surface area (Å²) in [6.07, 6.45) is 1.12. The maximum absolute atomic E-state index is 14.0. The van der Waals surface area contributed by atoms with Gasteiger partial charge in [0.1, 0.15) is 0 Å². The smallest absolute Gasteiger partial charge is 0.317 e. The topological polar surface area (TPSA) is 52.6 Å². The predicted octanol–water partition coefficient (Wildman–Crippen LogP) is 2.81. The van der Waals surface area contributed by atoms with Crippen LogP contribution in [-0.2, 0) is 0 Å². The van der Waals surface area contributed by atoms with Gasteiger partial charge in [0.2, 0.25) is 0 Å². The van der Waals surface area contributed by atoms with Crippen LogP contribution in [0.4, 0.5) is 9.18 Å². The average molecular weight is 328 g/mol. The molecule has 1 aliphatic carbocycles. The van der Waals surface area contributed by atoms with E-state index >= 15 is 0 Å². The SMILES string of the molecule is O=C(N[C@@H]1C[C@H]1c1ccc2ccccc2c1)N1CC[C@@](F)(CO)C1. The van der Waals surface area contributed by atoms with Gasteiger partial charge in [0.05, 0.1) is 13.2 Å². The number of benzene rings is 2. The minimum absolute atomic E-state index is 0.0251. The monoisotopic (exact) mass is 328 g/mol. The van der Waals surface area contributed by atoms with Gasteiger partial charge in [-0.25, -0.2) is 9.18 Å². The molecule has 4 rings (SSSR count). The molecule has 2 aromatic rings. The Labute approximate surface area is 140 Å². The van der Waals surface area contributed by atoms with Gasteiger partial charge < -0.3 is 15.3 Å². The third kappa shape index (κ3) is 2.84. The summed E-state index contributed by atoms with van der Waals surface area (Å²) in [6.45, 7) is -0.196. The second-order valence-corrected chi connectivity index (χ2v) is 6.99. The van der Waals surface area contributed by atoms with E-state index in [9.17, 15) is 9.18 Å². The highest BCUT2D eigenvalue weighted by atomic mass is 19.1. The van der Waals surface area contributed by atoms with Crippen LogP contribution in [0.1, 0.15) is 24.3 Å². The lowest BCUT2D eigenvalue weighted by atomic mass is 10.0. The number of alkyl halides is 1. The summed E-state index contributed by atoms with van der Waals surface area (Å²) in [5.74, 6) is 0.328. The molecule has 2 aliphatic rings. The summed E-state index contributed by atoms with van der Waals surface area (Å²) >= 11 is 0. The zero-order chi connectivity index (χ0) is 16.7. The number of nitrogens with zero attached hydrogens (tertiary/aromatic N) is 1. The first-order valence-corrected chi connectivity index (χ1v) is 8.42. The maximum atomic E-state index is 14.0. The Hall–Kier alpha value is -2.14. The highest BCUT2D eigenvalue weighted by Crippen LogP contribution is 2.42. The lowest BCUT2D eigenvalue weighted by Crippen LogP contribution is -2.42. The average Bonchev–Trinajstić information content (AvgIpc) is 3.25. The van der Waals surface area contributed by atoms with Gasteiger partial charge in [0.15, 0.2) is 5.67 Å². The molecule has 4 nitrogen and oxygen atoms in total. The van der Waals surface area contributed by atoms with E-state index in [1.807, 2.05) is 12.1 Å². The minimum Gasteiger partial charge on any atom is -0.393 e. The van der Waals surface area contributed by atoms with Gasteiger partial charge in [0, 0.05) is 24.9 Å². The predicted molar refractivity (Wildman–Crippen MR) is 90.7 cm³/mol. The number of hydrogen-bond donors (Lipinski definition) is 2. The number of amides is 2. The Morgan fingerprint density at radius 3 is 2.83 bits per heavy atom. The number of likely N-dealkylation sites (tertiary alicyclic amines) is 1. The van der Waals surface area contributed by atoms with Crippen molar-refractivity contribution in [2.75, 3.05) is 19.7 Å². The van der Waals surface area contributed by atoms with Crippen molar-refractivity contribution in [2.24, 2.45) is 0 Å². The molecule has 2 N–H and O–H groups in total. The number of hydrogen-bond acceptors (Lipinski definition) is 2. The zero-order valence-corrected chi connectivity index (χ0v) is 13.4. The van der Waals surface area contributed by atoms with Gasteiger partial charge in [0.25, 0.3) is 0 Å². The molecule has 2 aromatic carbocycles. The van der Waals surface area contributed by atoms with E-state index in [1.165, 1.54) is 21.2 Å². The van der Waals surface area contributed by atoms with Crippen LogP contribution in [0.2, 0.25) is 0 Å². The molecule has 0 spiro atoms. The van der Waals surface area contributed by atoms with Crippen molar-refractivity contribution < 1.29 is 14.3 Å². The van der Waals surface area contributed by atoms with Crippen LogP contribution >= 0.6 is 0 Å². The molecule has 1 saturated heterocycles. The molecule has 0 unspecified atom stereocenters. The number of carbonyl (C=O) groups excluding carboxylic acids is 1. The molecule has 2 fully saturated rings. The number of carbonyl (C=O) groups is 1. The molecule has 24 heavy (non-hydrogen) atoms. The van der Waals surface area contributed by atoms with E-state index in [4.69, 9.17) is 5.11 Å². The molecule has 126 valence electrons. The van der Waals surface area contributed by atoms with E-state index in [1.54, 1.807) is 0 Å². The number of rotatable bonds is 3. The van der Waals surface area contributed by atoms with Crippen LogP contribution in [-0.4, -0.2) is 47.4 Å². The van der Waals surface area contributed by atoms with Crippen LogP contribution in [0.5, 0.6) is 0 Å². The Kier molecular flexibility index (Phi) is 3.68. The Morgan fingerprint density at radius 1 is 1.29 bits per heavy atom. The summed E-state index contributed by atoms with van der Waals surface area (Å²) < 4.78 is 14.0. The third-order valence-corrected chi connectivity index (χ3v) is 5.18. The number of urea groups is 1. The molecule has 5 heteroatoms. The number of aliphatic hydroxyl groups excluding tert-OH is 1. The van der Waals surface area contributed by atoms with Crippen LogP contribution in [0.15, 0.2) is 42.5 Å². The second kappa shape index (κ2) is 5.74. The zero-order valence-electron chi connectivity index (χ0n) is 13.4. The van der Waals surface area contributed by atoms with Crippen LogP contribution in [0.25, 0.3) is 10.8 Å². The van der Waals surface area contributed by atoms with Gasteiger partial charge in [-0.3, -0.25) is 0 Å². The van der Waals surface area contributed by atoms with Crippen LogP contribution in [0.3, 0.4) is 0 Å². The molecule has 0 bridgehead atoms. The molecule has 2 amide bonds. The quantitative estimate of drug-likeness (QED) is 0.910. The molecule has 1 saturated carbocycles. The Morgan fingerprint density at radius 2 is 2.08 bits per heavy atom. The molecule has 1 heterocycles. The fourth-order valence-corrected chi connectivity index (χ4v) is 3.55.